The Labute approximate surface area is 140 Å². The Bertz CT molecular complexity index is 360. The molecule has 4 nitrogen and oxygen atoms in total. The van der Waals surface area contributed by atoms with Gasteiger partial charge in [-0.25, -0.2) is 0 Å². The molecule has 0 aromatic rings. The maximum absolute atomic E-state index is 12.6. The van der Waals surface area contributed by atoms with Crippen LogP contribution in [0.15, 0.2) is 0 Å². The minimum atomic E-state index is 0. The van der Waals surface area contributed by atoms with E-state index in [1.165, 1.54) is 19.3 Å². The van der Waals surface area contributed by atoms with Gasteiger partial charge in [-0.2, -0.15) is 0 Å². The van der Waals surface area contributed by atoms with Crippen molar-refractivity contribution in [1.29, 1.82) is 0 Å². The van der Waals surface area contributed by atoms with E-state index in [-0.39, 0.29) is 30.3 Å². The molecule has 3 atom stereocenters. The largest absolute Gasteiger partial charge is 0.381 e. The van der Waals surface area contributed by atoms with E-state index < -0.39 is 0 Å². The fourth-order valence-corrected chi connectivity index (χ4v) is 4.68. The van der Waals surface area contributed by atoms with Crippen LogP contribution in [-0.4, -0.2) is 31.2 Å². The Hall–Kier alpha value is -0.320. The topological polar surface area (TPSA) is 64.4 Å². The van der Waals surface area contributed by atoms with Crippen LogP contribution in [0.5, 0.6) is 0 Å². The maximum atomic E-state index is 12.6. The van der Waals surface area contributed by atoms with Gasteiger partial charge in [0.15, 0.2) is 0 Å². The number of halogens is 1. The van der Waals surface area contributed by atoms with Crippen molar-refractivity contribution in [2.24, 2.45) is 29.4 Å². The van der Waals surface area contributed by atoms with Crippen molar-refractivity contribution in [3.05, 3.63) is 0 Å². The zero-order valence-electron chi connectivity index (χ0n) is 13.6. The van der Waals surface area contributed by atoms with Crippen molar-refractivity contribution in [2.75, 3.05) is 13.2 Å². The third-order valence-electron chi connectivity index (χ3n) is 6.13. The number of nitrogens with one attached hydrogen (secondary N) is 1. The van der Waals surface area contributed by atoms with Crippen LogP contribution in [0.4, 0.5) is 0 Å². The number of amides is 1. The van der Waals surface area contributed by atoms with Gasteiger partial charge in [-0.1, -0.05) is 6.42 Å². The van der Waals surface area contributed by atoms with Crippen LogP contribution in [-0.2, 0) is 9.53 Å². The third-order valence-corrected chi connectivity index (χ3v) is 6.13. The lowest BCUT2D eigenvalue weighted by Crippen LogP contribution is -2.50. The van der Waals surface area contributed by atoms with E-state index in [1.54, 1.807) is 0 Å². The highest BCUT2D eigenvalue weighted by molar-refractivity contribution is 5.85. The molecule has 2 aliphatic carbocycles. The van der Waals surface area contributed by atoms with Crippen LogP contribution in [0.2, 0.25) is 0 Å². The standard InChI is InChI=1S/C17H30N2O2.ClH/c1-11(12-5-7-21-8-6-12)19-17(20)15-9-13-3-2-4-14(10-15)16(13)18;/h11-16H,2-10,18H2,1H3,(H,19,20);1H. The molecule has 1 amide bonds. The van der Waals surface area contributed by atoms with Gasteiger partial charge in [-0.3, -0.25) is 4.79 Å². The minimum absolute atomic E-state index is 0. The molecule has 22 heavy (non-hydrogen) atoms. The molecule has 3 N–H and O–H groups in total. The number of ether oxygens (including phenoxy) is 1. The Morgan fingerprint density at radius 2 is 1.73 bits per heavy atom. The monoisotopic (exact) mass is 330 g/mol. The molecule has 0 radical (unpaired) electrons. The van der Waals surface area contributed by atoms with E-state index in [0.717, 1.165) is 38.9 Å². The number of fused-ring (bicyclic) bond motifs is 2. The van der Waals surface area contributed by atoms with E-state index in [9.17, 15) is 4.79 Å². The highest BCUT2D eigenvalue weighted by atomic mass is 35.5. The van der Waals surface area contributed by atoms with Gasteiger partial charge in [0.1, 0.15) is 0 Å². The van der Waals surface area contributed by atoms with Gasteiger partial charge < -0.3 is 15.8 Å². The molecule has 1 saturated heterocycles. The van der Waals surface area contributed by atoms with E-state index in [1.807, 2.05) is 0 Å². The van der Waals surface area contributed by atoms with Gasteiger partial charge in [0, 0.05) is 31.2 Å². The molecular weight excluding hydrogens is 300 g/mol. The maximum Gasteiger partial charge on any atom is 0.223 e. The highest BCUT2D eigenvalue weighted by Gasteiger charge is 2.40. The summed E-state index contributed by atoms with van der Waals surface area (Å²) in [5, 5.41) is 3.29. The lowest BCUT2D eigenvalue weighted by molar-refractivity contribution is -0.129. The molecule has 1 aliphatic heterocycles. The summed E-state index contributed by atoms with van der Waals surface area (Å²) in [5.41, 5.74) is 6.32. The van der Waals surface area contributed by atoms with Gasteiger partial charge in [-0.15, -0.1) is 12.4 Å². The Morgan fingerprint density at radius 3 is 2.32 bits per heavy atom. The molecule has 2 bridgehead atoms. The molecule has 3 fully saturated rings. The highest BCUT2D eigenvalue weighted by Crippen LogP contribution is 2.42. The first-order valence-electron chi connectivity index (χ1n) is 8.79. The summed E-state index contributed by atoms with van der Waals surface area (Å²) in [6.45, 7) is 3.84. The van der Waals surface area contributed by atoms with Gasteiger partial charge in [-0.05, 0) is 63.2 Å². The summed E-state index contributed by atoms with van der Waals surface area (Å²) in [7, 11) is 0. The Kier molecular flexibility index (Phi) is 6.54. The number of hydrogen-bond donors (Lipinski definition) is 2. The number of nitrogens with two attached hydrogens (primary N) is 1. The van der Waals surface area contributed by atoms with Crippen LogP contribution in [0, 0.1) is 23.7 Å². The second kappa shape index (κ2) is 7.98. The molecule has 0 aromatic heterocycles. The first-order chi connectivity index (χ1) is 10.1. The van der Waals surface area contributed by atoms with Crippen LogP contribution in [0.3, 0.4) is 0 Å². The van der Waals surface area contributed by atoms with Crippen LogP contribution < -0.4 is 11.1 Å². The Morgan fingerprint density at radius 1 is 1.14 bits per heavy atom. The molecule has 128 valence electrons. The molecular formula is C17H31ClN2O2. The molecule has 0 spiro atoms. The summed E-state index contributed by atoms with van der Waals surface area (Å²) in [6.07, 6.45) is 7.89. The van der Waals surface area contributed by atoms with Crippen molar-refractivity contribution >= 4 is 18.3 Å². The van der Waals surface area contributed by atoms with Crippen molar-refractivity contribution in [2.45, 2.75) is 64.0 Å². The summed E-state index contributed by atoms with van der Waals surface area (Å²) >= 11 is 0. The van der Waals surface area contributed by atoms with Gasteiger partial charge in [0.2, 0.25) is 5.91 Å². The molecule has 3 rings (SSSR count). The van der Waals surface area contributed by atoms with Gasteiger partial charge >= 0.3 is 0 Å². The molecule has 0 aromatic carbocycles. The van der Waals surface area contributed by atoms with Crippen molar-refractivity contribution in [3.63, 3.8) is 0 Å². The van der Waals surface area contributed by atoms with Gasteiger partial charge in [0.25, 0.3) is 0 Å². The smallest absolute Gasteiger partial charge is 0.223 e. The van der Waals surface area contributed by atoms with Crippen molar-refractivity contribution in [1.82, 2.24) is 5.32 Å². The molecule has 2 saturated carbocycles. The number of carbonyl (C=O) groups is 1. The molecule has 1 heterocycles. The van der Waals surface area contributed by atoms with Crippen molar-refractivity contribution < 1.29 is 9.53 Å². The first-order valence-corrected chi connectivity index (χ1v) is 8.79. The van der Waals surface area contributed by atoms with Crippen LogP contribution in [0.25, 0.3) is 0 Å². The van der Waals surface area contributed by atoms with Crippen LogP contribution in [0.1, 0.15) is 51.9 Å². The molecule has 3 unspecified atom stereocenters. The average molecular weight is 331 g/mol. The number of carbonyl (C=O) groups excluding carboxylic acids is 1. The van der Waals surface area contributed by atoms with E-state index >= 15 is 0 Å². The molecule has 3 aliphatic rings. The Balaban J connectivity index is 0.00000176. The first kappa shape index (κ1) is 18.0. The zero-order valence-corrected chi connectivity index (χ0v) is 14.4. The second-order valence-electron chi connectivity index (χ2n) is 7.44. The quantitative estimate of drug-likeness (QED) is 0.835. The lowest BCUT2D eigenvalue weighted by atomic mass is 9.65. The molecule has 5 heteroatoms. The van der Waals surface area contributed by atoms with Crippen molar-refractivity contribution in [3.8, 4) is 0 Å². The summed E-state index contributed by atoms with van der Waals surface area (Å²) < 4.78 is 5.41. The second-order valence-corrected chi connectivity index (χ2v) is 7.44. The number of hydrogen-bond acceptors (Lipinski definition) is 3. The van der Waals surface area contributed by atoms with E-state index in [0.29, 0.717) is 23.8 Å². The normalized spacial score (nSPS) is 37.0. The SMILES string of the molecule is CC(NC(=O)C1CC2CCCC(C1)C2N)C1CCOCC1.Cl. The zero-order chi connectivity index (χ0) is 14.8. The third kappa shape index (κ3) is 3.95. The lowest BCUT2D eigenvalue weighted by Gasteiger charge is -2.44. The summed E-state index contributed by atoms with van der Waals surface area (Å²) in [6, 6.07) is 0.618. The average Bonchev–Trinajstić information content (AvgIpc) is 2.47. The fraction of sp³-hybridized carbons (Fsp3) is 0.941. The minimum Gasteiger partial charge on any atom is -0.381 e. The number of rotatable bonds is 3. The van der Waals surface area contributed by atoms with E-state index in [4.69, 9.17) is 10.5 Å². The predicted molar refractivity (Wildman–Crippen MR) is 89.9 cm³/mol. The summed E-state index contributed by atoms with van der Waals surface area (Å²) in [5.74, 6) is 2.20. The fourth-order valence-electron chi connectivity index (χ4n) is 4.68. The predicted octanol–water partition coefficient (Wildman–Crippen LogP) is 2.49. The van der Waals surface area contributed by atoms with Crippen LogP contribution >= 0.6 is 12.4 Å². The van der Waals surface area contributed by atoms with E-state index in [2.05, 4.69) is 12.2 Å². The summed E-state index contributed by atoms with van der Waals surface area (Å²) in [4.78, 5) is 12.6. The van der Waals surface area contributed by atoms with Gasteiger partial charge in [0.05, 0.1) is 0 Å².